The van der Waals surface area contributed by atoms with Gasteiger partial charge in [0.2, 0.25) is 5.91 Å². The highest BCUT2D eigenvalue weighted by Crippen LogP contribution is 2.25. The molecule has 1 fully saturated rings. The summed E-state index contributed by atoms with van der Waals surface area (Å²) in [6.45, 7) is 3.71. The zero-order chi connectivity index (χ0) is 18.4. The van der Waals surface area contributed by atoms with Gasteiger partial charge in [0.1, 0.15) is 5.75 Å². The van der Waals surface area contributed by atoms with Gasteiger partial charge in [-0.15, -0.1) is 0 Å². The standard InChI is InChI=1S/C22H28N2O2/c1-3-21(17-8-5-4-6-9-17)22(25)24-14-12-18(13-15-24)23-19-10-7-11-20(16-19)26-2/h4-11,16,18,21,23H,3,12-15H2,1-2H3/t21-/m0/s1. The normalized spacial score (nSPS) is 16.2. The third-order valence-corrected chi connectivity index (χ3v) is 5.16. The van der Waals surface area contributed by atoms with Crippen molar-refractivity contribution in [2.24, 2.45) is 0 Å². The van der Waals surface area contributed by atoms with E-state index in [1.807, 2.05) is 41.3 Å². The molecule has 3 rings (SSSR count). The van der Waals surface area contributed by atoms with Gasteiger partial charge in [0, 0.05) is 30.9 Å². The number of nitrogens with zero attached hydrogens (tertiary/aromatic N) is 1. The number of carbonyl (C=O) groups excluding carboxylic acids is 1. The number of hydrogen-bond acceptors (Lipinski definition) is 3. The van der Waals surface area contributed by atoms with Crippen LogP contribution in [0.4, 0.5) is 5.69 Å². The van der Waals surface area contributed by atoms with Crippen LogP contribution in [-0.2, 0) is 4.79 Å². The van der Waals surface area contributed by atoms with Crippen molar-refractivity contribution >= 4 is 11.6 Å². The minimum atomic E-state index is -0.0286. The highest BCUT2D eigenvalue weighted by Gasteiger charge is 2.28. The number of hydrogen-bond donors (Lipinski definition) is 1. The van der Waals surface area contributed by atoms with E-state index in [1.165, 1.54) is 0 Å². The third-order valence-electron chi connectivity index (χ3n) is 5.16. The molecule has 4 nitrogen and oxygen atoms in total. The number of carbonyl (C=O) groups is 1. The zero-order valence-electron chi connectivity index (χ0n) is 15.7. The number of benzene rings is 2. The molecule has 0 radical (unpaired) electrons. The number of nitrogens with one attached hydrogen (secondary N) is 1. The topological polar surface area (TPSA) is 41.6 Å². The average Bonchev–Trinajstić information content (AvgIpc) is 2.70. The van der Waals surface area contributed by atoms with E-state index in [-0.39, 0.29) is 11.8 Å². The maximum absolute atomic E-state index is 13.0. The molecule has 26 heavy (non-hydrogen) atoms. The lowest BCUT2D eigenvalue weighted by Crippen LogP contribution is -2.44. The monoisotopic (exact) mass is 352 g/mol. The van der Waals surface area contributed by atoms with E-state index >= 15 is 0 Å². The first-order valence-corrected chi connectivity index (χ1v) is 9.45. The van der Waals surface area contributed by atoms with E-state index in [0.717, 1.165) is 49.4 Å². The molecule has 1 amide bonds. The van der Waals surface area contributed by atoms with Gasteiger partial charge in [-0.1, -0.05) is 43.3 Å². The number of amides is 1. The van der Waals surface area contributed by atoms with Crippen LogP contribution in [0.2, 0.25) is 0 Å². The molecule has 0 aromatic heterocycles. The van der Waals surface area contributed by atoms with Crippen molar-refractivity contribution in [3.05, 3.63) is 60.2 Å². The Morgan fingerprint density at radius 1 is 1.15 bits per heavy atom. The fourth-order valence-electron chi connectivity index (χ4n) is 3.65. The van der Waals surface area contributed by atoms with E-state index in [1.54, 1.807) is 7.11 Å². The predicted octanol–water partition coefficient (Wildman–Crippen LogP) is 4.29. The lowest BCUT2D eigenvalue weighted by Gasteiger charge is -2.35. The molecule has 1 saturated heterocycles. The van der Waals surface area contributed by atoms with Gasteiger partial charge >= 0.3 is 0 Å². The number of methoxy groups -OCH3 is 1. The Kier molecular flexibility index (Phi) is 6.16. The van der Waals surface area contributed by atoms with Gasteiger partial charge in [0.15, 0.2) is 0 Å². The van der Waals surface area contributed by atoms with Crippen LogP contribution in [0.1, 0.15) is 37.7 Å². The number of piperidine rings is 1. The van der Waals surface area contributed by atoms with Crippen molar-refractivity contribution in [2.75, 3.05) is 25.5 Å². The molecular formula is C22H28N2O2. The quantitative estimate of drug-likeness (QED) is 0.843. The third kappa shape index (κ3) is 4.37. The van der Waals surface area contributed by atoms with Gasteiger partial charge in [-0.25, -0.2) is 0 Å². The Morgan fingerprint density at radius 2 is 1.88 bits per heavy atom. The van der Waals surface area contributed by atoms with Crippen molar-refractivity contribution in [1.29, 1.82) is 0 Å². The average molecular weight is 352 g/mol. The summed E-state index contributed by atoms with van der Waals surface area (Å²) in [5.41, 5.74) is 2.20. The summed E-state index contributed by atoms with van der Waals surface area (Å²) in [4.78, 5) is 15.0. The van der Waals surface area contributed by atoms with E-state index in [4.69, 9.17) is 4.74 Å². The molecule has 1 heterocycles. The minimum absolute atomic E-state index is 0.0286. The smallest absolute Gasteiger partial charge is 0.230 e. The molecular weight excluding hydrogens is 324 g/mol. The van der Waals surface area contributed by atoms with Crippen molar-refractivity contribution in [3.8, 4) is 5.75 Å². The number of likely N-dealkylation sites (tertiary alicyclic amines) is 1. The molecule has 4 heteroatoms. The second kappa shape index (κ2) is 8.75. The zero-order valence-corrected chi connectivity index (χ0v) is 15.7. The fourth-order valence-corrected chi connectivity index (χ4v) is 3.65. The number of ether oxygens (including phenoxy) is 1. The molecule has 138 valence electrons. The van der Waals surface area contributed by atoms with Crippen molar-refractivity contribution in [3.63, 3.8) is 0 Å². The summed E-state index contributed by atoms with van der Waals surface area (Å²) in [5, 5.41) is 3.57. The van der Waals surface area contributed by atoms with Gasteiger partial charge in [-0.2, -0.15) is 0 Å². The summed E-state index contributed by atoms with van der Waals surface area (Å²) in [7, 11) is 1.68. The second-order valence-electron chi connectivity index (χ2n) is 6.85. The molecule has 1 atom stereocenters. The van der Waals surface area contributed by atoms with Crippen LogP contribution in [0, 0.1) is 0 Å². The Hall–Kier alpha value is -2.49. The van der Waals surface area contributed by atoms with Crippen LogP contribution in [0.3, 0.4) is 0 Å². The molecule has 0 bridgehead atoms. The van der Waals surface area contributed by atoms with Crippen LogP contribution >= 0.6 is 0 Å². The molecule has 0 spiro atoms. The van der Waals surface area contributed by atoms with E-state index < -0.39 is 0 Å². The Labute approximate surface area is 156 Å². The molecule has 1 aliphatic rings. The van der Waals surface area contributed by atoms with Gasteiger partial charge in [-0.3, -0.25) is 4.79 Å². The van der Waals surface area contributed by atoms with Gasteiger partial charge < -0.3 is 15.0 Å². The molecule has 2 aromatic carbocycles. The highest BCUT2D eigenvalue weighted by atomic mass is 16.5. The lowest BCUT2D eigenvalue weighted by atomic mass is 9.93. The Balaban J connectivity index is 1.56. The van der Waals surface area contributed by atoms with Crippen molar-refractivity contribution in [1.82, 2.24) is 4.90 Å². The second-order valence-corrected chi connectivity index (χ2v) is 6.85. The van der Waals surface area contributed by atoms with Crippen LogP contribution in [0.25, 0.3) is 0 Å². The number of rotatable bonds is 6. The SMILES string of the molecule is CC[C@H](C(=O)N1CCC(Nc2cccc(OC)c2)CC1)c1ccccc1. The largest absolute Gasteiger partial charge is 0.497 e. The summed E-state index contributed by atoms with van der Waals surface area (Å²) in [5.74, 6) is 1.09. The van der Waals surface area contributed by atoms with Crippen molar-refractivity contribution in [2.45, 2.75) is 38.1 Å². The fraction of sp³-hybridized carbons (Fsp3) is 0.409. The number of anilines is 1. The Morgan fingerprint density at radius 3 is 2.54 bits per heavy atom. The summed E-state index contributed by atoms with van der Waals surface area (Å²) in [6.07, 6.45) is 2.77. The van der Waals surface area contributed by atoms with Crippen LogP contribution < -0.4 is 10.1 Å². The van der Waals surface area contributed by atoms with Crippen LogP contribution in [-0.4, -0.2) is 37.0 Å². The van der Waals surface area contributed by atoms with Gasteiger partial charge in [0.25, 0.3) is 0 Å². The lowest BCUT2D eigenvalue weighted by molar-refractivity contribution is -0.133. The predicted molar refractivity (Wildman–Crippen MR) is 106 cm³/mol. The summed E-state index contributed by atoms with van der Waals surface area (Å²) in [6, 6.07) is 18.5. The van der Waals surface area contributed by atoms with Gasteiger partial charge in [-0.05, 0) is 37.0 Å². The van der Waals surface area contributed by atoms with Crippen LogP contribution in [0.15, 0.2) is 54.6 Å². The first kappa shape index (κ1) is 18.3. The first-order chi connectivity index (χ1) is 12.7. The molecule has 0 aliphatic carbocycles. The maximum atomic E-state index is 13.0. The van der Waals surface area contributed by atoms with E-state index in [2.05, 4.69) is 30.4 Å². The van der Waals surface area contributed by atoms with E-state index in [9.17, 15) is 4.79 Å². The van der Waals surface area contributed by atoms with E-state index in [0.29, 0.717) is 6.04 Å². The Bertz CT molecular complexity index is 709. The van der Waals surface area contributed by atoms with Crippen LogP contribution in [0.5, 0.6) is 5.75 Å². The molecule has 1 aliphatic heterocycles. The summed E-state index contributed by atoms with van der Waals surface area (Å²) >= 11 is 0. The molecule has 0 saturated carbocycles. The van der Waals surface area contributed by atoms with Crippen molar-refractivity contribution < 1.29 is 9.53 Å². The first-order valence-electron chi connectivity index (χ1n) is 9.45. The maximum Gasteiger partial charge on any atom is 0.230 e. The molecule has 2 aromatic rings. The van der Waals surface area contributed by atoms with Gasteiger partial charge in [0.05, 0.1) is 13.0 Å². The summed E-state index contributed by atoms with van der Waals surface area (Å²) < 4.78 is 5.28. The molecule has 0 unspecified atom stereocenters. The molecule has 1 N–H and O–H groups in total. The minimum Gasteiger partial charge on any atom is -0.497 e. The highest BCUT2D eigenvalue weighted by molar-refractivity contribution is 5.83.